The first-order valence-electron chi connectivity index (χ1n) is 5.29. The van der Waals surface area contributed by atoms with E-state index in [2.05, 4.69) is 0 Å². The van der Waals surface area contributed by atoms with Crippen molar-refractivity contribution in [3.8, 4) is 11.5 Å². The molecule has 2 atom stereocenters. The predicted molar refractivity (Wildman–Crippen MR) is 61.9 cm³/mol. The molecular weight excluding hydrogens is 240 g/mol. The Morgan fingerprint density at radius 1 is 0.944 bits per heavy atom. The van der Waals surface area contributed by atoms with Crippen molar-refractivity contribution in [2.24, 2.45) is 0 Å². The second kappa shape index (κ2) is 5.90. The lowest BCUT2D eigenvalue weighted by Crippen LogP contribution is -2.25. The summed E-state index contributed by atoms with van der Waals surface area (Å²) < 4.78 is 10.3. The number of para-hydroxylation sites is 2. The van der Waals surface area contributed by atoms with E-state index >= 15 is 0 Å². The molecule has 0 aliphatic carbocycles. The molecule has 18 heavy (non-hydrogen) atoms. The zero-order valence-electron chi connectivity index (χ0n) is 9.99. The van der Waals surface area contributed by atoms with Crippen LogP contribution in [-0.2, 0) is 9.59 Å². The van der Waals surface area contributed by atoms with Crippen molar-refractivity contribution in [3.05, 3.63) is 24.3 Å². The molecular formula is C12H14O6. The first-order valence-corrected chi connectivity index (χ1v) is 5.29. The van der Waals surface area contributed by atoms with Crippen molar-refractivity contribution in [3.63, 3.8) is 0 Å². The predicted octanol–water partition coefficient (Wildman–Crippen LogP) is 1.39. The molecule has 98 valence electrons. The van der Waals surface area contributed by atoms with E-state index in [-0.39, 0.29) is 11.5 Å². The van der Waals surface area contributed by atoms with Crippen LogP contribution in [0.4, 0.5) is 0 Å². The molecule has 0 radical (unpaired) electrons. The average molecular weight is 254 g/mol. The molecule has 0 bridgehead atoms. The molecule has 0 saturated carbocycles. The molecule has 0 saturated heterocycles. The van der Waals surface area contributed by atoms with E-state index in [4.69, 9.17) is 19.7 Å². The Kier molecular flexibility index (Phi) is 4.53. The Balaban J connectivity index is 2.86. The van der Waals surface area contributed by atoms with Crippen molar-refractivity contribution in [2.75, 3.05) is 0 Å². The first kappa shape index (κ1) is 13.8. The first-order chi connectivity index (χ1) is 8.41. The lowest BCUT2D eigenvalue weighted by Gasteiger charge is -2.16. The third kappa shape index (κ3) is 3.65. The molecule has 1 aromatic carbocycles. The number of carbonyl (C=O) groups is 2. The van der Waals surface area contributed by atoms with Gasteiger partial charge in [-0.2, -0.15) is 0 Å². The molecule has 0 spiro atoms. The van der Waals surface area contributed by atoms with Crippen LogP contribution in [0.2, 0.25) is 0 Å². The molecule has 0 aromatic heterocycles. The molecule has 0 aliphatic rings. The van der Waals surface area contributed by atoms with Crippen molar-refractivity contribution in [1.82, 2.24) is 0 Å². The molecule has 0 fully saturated rings. The Morgan fingerprint density at radius 2 is 1.28 bits per heavy atom. The van der Waals surface area contributed by atoms with Gasteiger partial charge in [-0.15, -0.1) is 0 Å². The van der Waals surface area contributed by atoms with Crippen LogP contribution in [0.5, 0.6) is 11.5 Å². The van der Waals surface area contributed by atoms with E-state index < -0.39 is 24.1 Å². The van der Waals surface area contributed by atoms with E-state index in [1.807, 2.05) is 0 Å². The number of benzene rings is 1. The molecule has 2 N–H and O–H groups in total. The monoisotopic (exact) mass is 254 g/mol. The van der Waals surface area contributed by atoms with Crippen LogP contribution in [0.15, 0.2) is 24.3 Å². The molecule has 1 aromatic rings. The van der Waals surface area contributed by atoms with E-state index in [0.717, 1.165) is 0 Å². The standard InChI is InChI=1S/C12H14O6/c1-7(11(13)14)17-9-5-3-4-6-10(9)18-8(2)12(15)16/h3-8H,1-2H3,(H,13,14)(H,15,16)/t7-,8-/m1/s1. The summed E-state index contributed by atoms with van der Waals surface area (Å²) >= 11 is 0. The van der Waals surface area contributed by atoms with Gasteiger partial charge in [0.2, 0.25) is 0 Å². The van der Waals surface area contributed by atoms with Crippen molar-refractivity contribution in [2.45, 2.75) is 26.1 Å². The fourth-order valence-corrected chi connectivity index (χ4v) is 1.13. The summed E-state index contributed by atoms with van der Waals surface area (Å²) in [4.78, 5) is 21.4. The van der Waals surface area contributed by atoms with Crippen molar-refractivity contribution < 1.29 is 29.3 Å². The third-order valence-electron chi connectivity index (χ3n) is 2.15. The fraction of sp³-hybridized carbons (Fsp3) is 0.333. The number of hydrogen-bond acceptors (Lipinski definition) is 4. The molecule has 6 nitrogen and oxygen atoms in total. The zero-order valence-corrected chi connectivity index (χ0v) is 9.99. The minimum absolute atomic E-state index is 0.195. The van der Waals surface area contributed by atoms with E-state index in [9.17, 15) is 9.59 Å². The van der Waals surface area contributed by atoms with Gasteiger partial charge >= 0.3 is 11.9 Å². The van der Waals surface area contributed by atoms with Crippen LogP contribution in [0.3, 0.4) is 0 Å². The Hall–Kier alpha value is -2.24. The molecule has 1 rings (SSSR count). The summed E-state index contributed by atoms with van der Waals surface area (Å²) in [6.07, 6.45) is -2.09. The summed E-state index contributed by atoms with van der Waals surface area (Å²) in [5.41, 5.74) is 0. The summed E-state index contributed by atoms with van der Waals surface area (Å²) in [7, 11) is 0. The molecule has 0 unspecified atom stereocenters. The minimum atomic E-state index is -1.11. The van der Waals surface area contributed by atoms with Gasteiger partial charge in [-0.3, -0.25) is 0 Å². The lowest BCUT2D eigenvalue weighted by atomic mass is 10.3. The summed E-state index contributed by atoms with van der Waals surface area (Å²) in [6, 6.07) is 6.32. The molecule has 0 heterocycles. The Bertz CT molecular complexity index is 401. The normalized spacial score (nSPS) is 13.4. The molecule has 6 heteroatoms. The maximum atomic E-state index is 10.7. The third-order valence-corrected chi connectivity index (χ3v) is 2.15. The fourth-order valence-electron chi connectivity index (χ4n) is 1.13. The second-order valence-electron chi connectivity index (χ2n) is 3.64. The van der Waals surface area contributed by atoms with Crippen LogP contribution < -0.4 is 9.47 Å². The van der Waals surface area contributed by atoms with Gasteiger partial charge in [0, 0.05) is 0 Å². The number of carboxylic acids is 2. The summed E-state index contributed by atoms with van der Waals surface area (Å²) in [6.45, 7) is 2.75. The SMILES string of the molecule is C[C@@H](Oc1ccccc1O[C@H](C)C(=O)O)C(=O)O. The van der Waals surface area contributed by atoms with Crippen molar-refractivity contribution in [1.29, 1.82) is 0 Å². The maximum Gasteiger partial charge on any atom is 0.344 e. The number of carboxylic acid groups (broad SMARTS) is 2. The largest absolute Gasteiger partial charge is 0.479 e. The van der Waals surface area contributed by atoms with E-state index in [0.29, 0.717) is 0 Å². The van der Waals surface area contributed by atoms with Crippen LogP contribution in [-0.4, -0.2) is 34.4 Å². The smallest absolute Gasteiger partial charge is 0.344 e. The second-order valence-corrected chi connectivity index (χ2v) is 3.64. The van der Waals surface area contributed by atoms with E-state index in [1.54, 1.807) is 12.1 Å². The summed E-state index contributed by atoms with van der Waals surface area (Å²) in [5.74, 6) is -1.84. The van der Waals surface area contributed by atoms with E-state index in [1.165, 1.54) is 26.0 Å². The number of rotatable bonds is 6. The highest BCUT2D eigenvalue weighted by atomic mass is 16.6. The van der Waals surface area contributed by atoms with Gasteiger partial charge in [0.25, 0.3) is 0 Å². The van der Waals surface area contributed by atoms with Gasteiger partial charge in [-0.1, -0.05) is 12.1 Å². The number of ether oxygens (including phenoxy) is 2. The van der Waals surface area contributed by atoms with Gasteiger partial charge in [-0.25, -0.2) is 9.59 Å². The van der Waals surface area contributed by atoms with Gasteiger partial charge in [-0.05, 0) is 26.0 Å². The highest BCUT2D eigenvalue weighted by Gasteiger charge is 2.18. The van der Waals surface area contributed by atoms with Crippen LogP contribution in [0.25, 0.3) is 0 Å². The Labute approximate surface area is 104 Å². The average Bonchev–Trinajstić information content (AvgIpc) is 2.31. The summed E-state index contributed by atoms with van der Waals surface area (Å²) in [5, 5.41) is 17.5. The molecule has 0 aliphatic heterocycles. The molecule has 0 amide bonds. The van der Waals surface area contributed by atoms with Crippen LogP contribution in [0.1, 0.15) is 13.8 Å². The van der Waals surface area contributed by atoms with Gasteiger partial charge < -0.3 is 19.7 Å². The maximum absolute atomic E-state index is 10.7. The topological polar surface area (TPSA) is 93.1 Å². The van der Waals surface area contributed by atoms with Gasteiger partial charge in [0.1, 0.15) is 0 Å². The number of hydrogen-bond donors (Lipinski definition) is 2. The highest BCUT2D eigenvalue weighted by Crippen LogP contribution is 2.28. The number of aliphatic carboxylic acids is 2. The quantitative estimate of drug-likeness (QED) is 0.796. The van der Waals surface area contributed by atoms with Gasteiger partial charge in [0.05, 0.1) is 0 Å². The lowest BCUT2D eigenvalue weighted by molar-refractivity contribution is -0.145. The van der Waals surface area contributed by atoms with Crippen LogP contribution >= 0.6 is 0 Å². The minimum Gasteiger partial charge on any atom is -0.479 e. The Morgan fingerprint density at radius 3 is 1.56 bits per heavy atom. The van der Waals surface area contributed by atoms with Crippen molar-refractivity contribution >= 4 is 11.9 Å². The van der Waals surface area contributed by atoms with Crippen LogP contribution in [0, 0.1) is 0 Å². The zero-order chi connectivity index (χ0) is 13.7. The van der Waals surface area contributed by atoms with Gasteiger partial charge in [0.15, 0.2) is 23.7 Å². The highest BCUT2D eigenvalue weighted by molar-refractivity contribution is 5.73.